The number of pyridine rings is 1. The van der Waals surface area contributed by atoms with Crippen LogP contribution in [0.2, 0.25) is 0 Å². The molecule has 4 N–H and O–H groups in total. The van der Waals surface area contributed by atoms with Gasteiger partial charge in [0.05, 0.1) is 0 Å². The fraction of sp³-hybridized carbons (Fsp3) is 0.500. The van der Waals surface area contributed by atoms with Crippen molar-refractivity contribution in [2.75, 3.05) is 12.0 Å². The highest BCUT2D eigenvalue weighted by Gasteiger charge is 2.26. The molecule has 0 spiro atoms. The standard InChI is InChI=1S/C12H17F3N4O/c1-2-9-6-8(7-10(18-9)19-16)11(20)17-5-3-4-12(13,14)15/h6-7H,2-5,16H2,1H3,(H,17,20)(H,18,19). The summed E-state index contributed by atoms with van der Waals surface area (Å²) in [6.45, 7) is 1.83. The number of nitrogens with two attached hydrogens (primary N) is 1. The second-order valence-corrected chi connectivity index (χ2v) is 4.20. The Balaban J connectivity index is 2.59. The number of aromatic nitrogens is 1. The number of halogens is 3. The maximum Gasteiger partial charge on any atom is 0.389 e. The number of nitrogens with zero attached hydrogens (tertiary/aromatic N) is 1. The van der Waals surface area contributed by atoms with Crippen molar-refractivity contribution in [3.05, 3.63) is 23.4 Å². The Labute approximate surface area is 114 Å². The van der Waals surface area contributed by atoms with Gasteiger partial charge in [0.1, 0.15) is 5.82 Å². The van der Waals surface area contributed by atoms with Crippen molar-refractivity contribution in [1.82, 2.24) is 10.3 Å². The first-order chi connectivity index (χ1) is 9.35. The summed E-state index contributed by atoms with van der Waals surface area (Å²) in [7, 11) is 0. The van der Waals surface area contributed by atoms with Gasteiger partial charge in [0.2, 0.25) is 0 Å². The van der Waals surface area contributed by atoms with Gasteiger partial charge < -0.3 is 10.7 Å². The van der Waals surface area contributed by atoms with Gasteiger partial charge in [-0.25, -0.2) is 10.8 Å². The number of aryl methyl sites for hydroxylation is 1. The first-order valence-corrected chi connectivity index (χ1v) is 6.18. The molecule has 8 heteroatoms. The van der Waals surface area contributed by atoms with Gasteiger partial charge in [0.25, 0.3) is 5.91 Å². The molecule has 5 nitrogen and oxygen atoms in total. The van der Waals surface area contributed by atoms with Crippen LogP contribution in [0, 0.1) is 0 Å². The first kappa shape index (κ1) is 16.2. The van der Waals surface area contributed by atoms with Crippen LogP contribution in [0.25, 0.3) is 0 Å². The molecule has 0 saturated heterocycles. The lowest BCUT2D eigenvalue weighted by molar-refractivity contribution is -0.135. The molecule has 1 heterocycles. The molecule has 0 unspecified atom stereocenters. The van der Waals surface area contributed by atoms with E-state index in [1.54, 1.807) is 6.07 Å². The van der Waals surface area contributed by atoms with Crippen LogP contribution >= 0.6 is 0 Å². The fourth-order valence-electron chi connectivity index (χ4n) is 1.57. The zero-order chi connectivity index (χ0) is 15.2. The van der Waals surface area contributed by atoms with Gasteiger partial charge in [-0.3, -0.25) is 4.79 Å². The SMILES string of the molecule is CCc1cc(C(=O)NCCCC(F)(F)F)cc(NN)n1. The van der Waals surface area contributed by atoms with Crippen molar-refractivity contribution < 1.29 is 18.0 Å². The molecule has 112 valence electrons. The minimum atomic E-state index is -4.20. The zero-order valence-electron chi connectivity index (χ0n) is 11.0. The smallest absolute Gasteiger partial charge is 0.352 e. The van der Waals surface area contributed by atoms with Crippen LogP contribution in [0.1, 0.15) is 35.8 Å². The normalized spacial score (nSPS) is 11.2. The average Bonchev–Trinajstić information content (AvgIpc) is 2.41. The largest absolute Gasteiger partial charge is 0.389 e. The van der Waals surface area contributed by atoms with E-state index in [0.29, 0.717) is 23.5 Å². The van der Waals surface area contributed by atoms with E-state index in [-0.39, 0.29) is 13.0 Å². The summed E-state index contributed by atoms with van der Waals surface area (Å²) in [6.07, 6.45) is -4.65. The third-order valence-electron chi connectivity index (χ3n) is 2.57. The van der Waals surface area contributed by atoms with Crippen molar-refractivity contribution in [3.63, 3.8) is 0 Å². The Morgan fingerprint density at radius 3 is 2.65 bits per heavy atom. The summed E-state index contributed by atoms with van der Waals surface area (Å²) in [6, 6.07) is 3.03. The number of rotatable bonds is 6. The predicted molar refractivity (Wildman–Crippen MR) is 69.0 cm³/mol. The van der Waals surface area contributed by atoms with Crippen LogP contribution in [-0.2, 0) is 6.42 Å². The van der Waals surface area contributed by atoms with Gasteiger partial charge in [-0.2, -0.15) is 13.2 Å². The van der Waals surface area contributed by atoms with Crippen LogP contribution in [0.4, 0.5) is 19.0 Å². The number of carbonyl (C=O) groups is 1. The minimum absolute atomic E-state index is 0.0342. The Bertz CT molecular complexity index is 440. The Morgan fingerprint density at radius 2 is 2.10 bits per heavy atom. The quantitative estimate of drug-likeness (QED) is 0.425. The van der Waals surface area contributed by atoms with Crippen molar-refractivity contribution in [3.8, 4) is 0 Å². The fourth-order valence-corrected chi connectivity index (χ4v) is 1.57. The van der Waals surface area contributed by atoms with E-state index >= 15 is 0 Å². The number of hydrogen-bond acceptors (Lipinski definition) is 4. The molecule has 0 bridgehead atoms. The van der Waals surface area contributed by atoms with Gasteiger partial charge in [-0.15, -0.1) is 0 Å². The van der Waals surface area contributed by atoms with E-state index < -0.39 is 18.5 Å². The highest BCUT2D eigenvalue weighted by Crippen LogP contribution is 2.20. The van der Waals surface area contributed by atoms with Crippen LogP contribution in [0.3, 0.4) is 0 Å². The van der Waals surface area contributed by atoms with Crippen molar-refractivity contribution in [1.29, 1.82) is 0 Å². The number of nitrogen functional groups attached to an aromatic ring is 1. The molecule has 1 amide bonds. The highest BCUT2D eigenvalue weighted by molar-refractivity contribution is 5.94. The van der Waals surface area contributed by atoms with E-state index in [2.05, 4.69) is 15.7 Å². The van der Waals surface area contributed by atoms with Gasteiger partial charge in [-0.1, -0.05) is 6.92 Å². The Morgan fingerprint density at radius 1 is 1.40 bits per heavy atom. The van der Waals surface area contributed by atoms with Crippen LogP contribution in [0.15, 0.2) is 12.1 Å². The molecular weight excluding hydrogens is 273 g/mol. The lowest BCUT2D eigenvalue weighted by atomic mass is 10.1. The summed E-state index contributed by atoms with van der Waals surface area (Å²) in [4.78, 5) is 15.9. The number of anilines is 1. The summed E-state index contributed by atoms with van der Waals surface area (Å²) in [5.41, 5.74) is 3.33. The van der Waals surface area contributed by atoms with Crippen molar-refractivity contribution in [2.24, 2.45) is 5.84 Å². The van der Waals surface area contributed by atoms with E-state index in [0.717, 1.165) is 0 Å². The molecule has 0 fully saturated rings. The first-order valence-electron chi connectivity index (χ1n) is 6.18. The summed E-state index contributed by atoms with van der Waals surface area (Å²) >= 11 is 0. The number of amides is 1. The van der Waals surface area contributed by atoms with Crippen molar-refractivity contribution in [2.45, 2.75) is 32.4 Å². The number of hydrazine groups is 1. The number of nitrogens with one attached hydrogen (secondary N) is 2. The van der Waals surface area contributed by atoms with E-state index in [9.17, 15) is 18.0 Å². The summed E-state index contributed by atoms with van der Waals surface area (Å²) in [5, 5.41) is 2.44. The molecule has 0 saturated carbocycles. The van der Waals surface area contributed by atoms with E-state index in [1.165, 1.54) is 6.07 Å². The molecular formula is C12H17F3N4O. The second kappa shape index (κ2) is 7.09. The third-order valence-corrected chi connectivity index (χ3v) is 2.57. The van der Waals surface area contributed by atoms with Gasteiger partial charge in [0, 0.05) is 24.2 Å². The minimum Gasteiger partial charge on any atom is -0.352 e. The number of alkyl halides is 3. The second-order valence-electron chi connectivity index (χ2n) is 4.20. The zero-order valence-corrected chi connectivity index (χ0v) is 11.0. The molecule has 0 aliphatic carbocycles. The summed E-state index contributed by atoms with van der Waals surface area (Å²) < 4.78 is 35.9. The predicted octanol–water partition coefficient (Wildman–Crippen LogP) is 2.00. The Hall–Kier alpha value is -1.83. The summed E-state index contributed by atoms with van der Waals surface area (Å²) in [5.74, 6) is 5.14. The van der Waals surface area contributed by atoms with E-state index in [4.69, 9.17) is 5.84 Å². The molecule has 1 aromatic rings. The van der Waals surface area contributed by atoms with Crippen LogP contribution in [0.5, 0.6) is 0 Å². The molecule has 0 aromatic carbocycles. The topological polar surface area (TPSA) is 80.0 Å². The molecule has 0 atom stereocenters. The number of hydrogen-bond donors (Lipinski definition) is 3. The van der Waals surface area contributed by atoms with E-state index in [1.807, 2.05) is 6.92 Å². The van der Waals surface area contributed by atoms with Crippen LogP contribution < -0.4 is 16.6 Å². The third kappa shape index (κ3) is 5.43. The average molecular weight is 290 g/mol. The lowest BCUT2D eigenvalue weighted by Crippen LogP contribution is -2.26. The highest BCUT2D eigenvalue weighted by atomic mass is 19.4. The van der Waals surface area contributed by atoms with Crippen LogP contribution in [-0.4, -0.2) is 23.6 Å². The van der Waals surface area contributed by atoms with Gasteiger partial charge >= 0.3 is 6.18 Å². The maximum absolute atomic E-state index is 12.0. The number of carbonyl (C=O) groups excluding carboxylic acids is 1. The lowest BCUT2D eigenvalue weighted by Gasteiger charge is -2.09. The van der Waals surface area contributed by atoms with Gasteiger partial charge in [0.15, 0.2) is 0 Å². The molecule has 1 aromatic heterocycles. The molecule has 20 heavy (non-hydrogen) atoms. The Kier molecular flexibility index (Phi) is 5.75. The molecule has 1 rings (SSSR count). The van der Waals surface area contributed by atoms with Crippen molar-refractivity contribution >= 4 is 11.7 Å². The maximum atomic E-state index is 12.0. The molecule has 0 aliphatic rings. The molecule has 0 radical (unpaired) electrons. The molecule has 0 aliphatic heterocycles. The van der Waals surface area contributed by atoms with Gasteiger partial charge in [-0.05, 0) is 25.0 Å². The monoisotopic (exact) mass is 290 g/mol.